The van der Waals surface area contributed by atoms with Crippen LogP contribution in [0.4, 0.5) is 16.0 Å². The third-order valence-corrected chi connectivity index (χ3v) is 3.40. The molecule has 108 valence electrons. The van der Waals surface area contributed by atoms with E-state index in [1.165, 1.54) is 12.1 Å². The third kappa shape index (κ3) is 2.37. The van der Waals surface area contributed by atoms with Gasteiger partial charge in [0.15, 0.2) is 5.84 Å². The minimum absolute atomic E-state index is 0.0830. The summed E-state index contributed by atoms with van der Waals surface area (Å²) in [7, 11) is 0. The molecule has 1 aromatic heterocycles. The lowest BCUT2D eigenvalue weighted by molar-refractivity contribution is 0.318. The van der Waals surface area contributed by atoms with Gasteiger partial charge in [0.2, 0.25) is 5.95 Å². The lowest BCUT2D eigenvalue weighted by atomic mass is 10.2. The minimum Gasteiger partial charge on any atom is -0.409 e. The molecule has 0 bridgehead atoms. The molecule has 0 spiro atoms. The second-order valence-electron chi connectivity index (χ2n) is 4.85. The van der Waals surface area contributed by atoms with Gasteiger partial charge in [0.1, 0.15) is 11.5 Å². The van der Waals surface area contributed by atoms with E-state index < -0.39 is 0 Å². The zero-order chi connectivity index (χ0) is 15.0. The van der Waals surface area contributed by atoms with Crippen molar-refractivity contribution in [1.29, 1.82) is 0 Å². The monoisotopic (exact) mass is 287 g/mol. The molecule has 21 heavy (non-hydrogen) atoms. The van der Waals surface area contributed by atoms with Gasteiger partial charge in [-0.2, -0.15) is 0 Å². The number of amidine groups is 1. The molecule has 0 radical (unpaired) electrons. The summed E-state index contributed by atoms with van der Waals surface area (Å²) in [6.07, 6.45) is 0.797. The second-order valence-corrected chi connectivity index (χ2v) is 4.85. The number of nitrogens with zero attached hydrogens (tertiary/aromatic N) is 4. The molecule has 1 aliphatic heterocycles. The standard InChI is InChI=1S/C14H14FN5O/c1-8-6-11(13(16)19-21)18-14(17-8)20-5-4-9-2-3-10(15)7-12(9)20/h2-3,6-7,21H,4-5H2,1H3,(H2,16,19). The van der Waals surface area contributed by atoms with Crippen LogP contribution in [0.5, 0.6) is 0 Å². The summed E-state index contributed by atoms with van der Waals surface area (Å²) in [6.45, 7) is 2.46. The van der Waals surface area contributed by atoms with Crippen molar-refractivity contribution in [2.24, 2.45) is 10.9 Å². The van der Waals surface area contributed by atoms with Crippen molar-refractivity contribution in [3.05, 3.63) is 47.0 Å². The van der Waals surface area contributed by atoms with Crippen LogP contribution in [0.1, 0.15) is 17.0 Å². The molecule has 2 aromatic rings. The van der Waals surface area contributed by atoms with Crippen LogP contribution < -0.4 is 10.6 Å². The molecule has 6 nitrogen and oxygen atoms in total. The Balaban J connectivity index is 2.07. The van der Waals surface area contributed by atoms with Crippen molar-refractivity contribution in [3.8, 4) is 0 Å². The molecule has 0 aliphatic carbocycles. The van der Waals surface area contributed by atoms with E-state index >= 15 is 0 Å². The van der Waals surface area contributed by atoms with Crippen molar-refractivity contribution in [1.82, 2.24) is 9.97 Å². The number of oxime groups is 1. The van der Waals surface area contributed by atoms with E-state index in [-0.39, 0.29) is 11.7 Å². The third-order valence-electron chi connectivity index (χ3n) is 3.40. The summed E-state index contributed by atoms with van der Waals surface area (Å²) < 4.78 is 13.5. The van der Waals surface area contributed by atoms with Crippen molar-refractivity contribution in [3.63, 3.8) is 0 Å². The van der Waals surface area contributed by atoms with Crippen molar-refractivity contribution in [2.45, 2.75) is 13.3 Å². The molecule has 0 unspecified atom stereocenters. The summed E-state index contributed by atoms with van der Waals surface area (Å²) in [5.74, 6) is 0.0336. The highest BCUT2D eigenvalue weighted by Gasteiger charge is 2.23. The first-order chi connectivity index (χ1) is 10.1. The van der Waals surface area contributed by atoms with E-state index in [0.717, 1.165) is 17.7 Å². The number of nitrogens with two attached hydrogens (primary N) is 1. The molecule has 7 heteroatoms. The lowest BCUT2D eigenvalue weighted by Crippen LogP contribution is -2.21. The SMILES string of the molecule is Cc1cc(/C(N)=N/O)nc(N2CCc3ccc(F)cc32)n1. The number of anilines is 2. The number of fused-ring (bicyclic) bond motifs is 1. The molecule has 1 aliphatic rings. The van der Waals surface area contributed by atoms with E-state index in [9.17, 15) is 4.39 Å². The Morgan fingerprint density at radius 3 is 2.95 bits per heavy atom. The number of aryl methyl sites for hydroxylation is 1. The molecular formula is C14H14FN5O. The minimum atomic E-state index is -0.301. The van der Waals surface area contributed by atoms with Crippen LogP contribution in [-0.4, -0.2) is 27.6 Å². The fraction of sp³-hybridized carbons (Fsp3) is 0.214. The number of aromatic nitrogens is 2. The quantitative estimate of drug-likeness (QED) is 0.380. The molecule has 0 saturated carbocycles. The van der Waals surface area contributed by atoms with Crippen LogP contribution in [0.15, 0.2) is 29.4 Å². The Morgan fingerprint density at radius 2 is 2.19 bits per heavy atom. The van der Waals surface area contributed by atoms with Gasteiger partial charge in [-0.1, -0.05) is 11.2 Å². The Morgan fingerprint density at radius 1 is 1.38 bits per heavy atom. The maximum atomic E-state index is 13.5. The normalized spacial score (nSPS) is 14.4. The predicted octanol–water partition coefficient (Wildman–Crippen LogP) is 1.71. The molecule has 0 amide bonds. The van der Waals surface area contributed by atoms with Crippen molar-refractivity contribution >= 4 is 17.5 Å². The number of hydrogen-bond acceptors (Lipinski definition) is 5. The largest absolute Gasteiger partial charge is 0.409 e. The predicted molar refractivity (Wildman–Crippen MR) is 76.4 cm³/mol. The molecule has 0 fully saturated rings. The smallest absolute Gasteiger partial charge is 0.230 e. The van der Waals surface area contributed by atoms with Gasteiger partial charge in [-0.15, -0.1) is 0 Å². The maximum absolute atomic E-state index is 13.5. The Bertz CT molecular complexity index is 731. The summed E-state index contributed by atoms with van der Waals surface area (Å²) in [5, 5.41) is 11.7. The average molecular weight is 287 g/mol. The van der Waals surface area contributed by atoms with Gasteiger partial charge < -0.3 is 15.8 Å². The Hall–Kier alpha value is -2.70. The summed E-state index contributed by atoms with van der Waals surface area (Å²) in [6, 6.07) is 6.31. The van der Waals surface area contributed by atoms with Gasteiger partial charge in [-0.25, -0.2) is 14.4 Å². The highest BCUT2D eigenvalue weighted by atomic mass is 19.1. The average Bonchev–Trinajstić information content (AvgIpc) is 2.88. The fourth-order valence-electron chi connectivity index (χ4n) is 2.42. The van der Waals surface area contributed by atoms with Crippen LogP contribution in [0.2, 0.25) is 0 Å². The number of rotatable bonds is 2. The van der Waals surface area contributed by atoms with Crippen LogP contribution >= 0.6 is 0 Å². The molecule has 3 rings (SSSR count). The molecule has 0 saturated heterocycles. The van der Waals surface area contributed by atoms with Gasteiger partial charge in [-0.3, -0.25) is 0 Å². The zero-order valence-corrected chi connectivity index (χ0v) is 11.4. The van der Waals surface area contributed by atoms with Gasteiger partial charge in [-0.05, 0) is 37.1 Å². The molecule has 3 N–H and O–H groups in total. The van der Waals surface area contributed by atoms with Crippen LogP contribution in [0.3, 0.4) is 0 Å². The summed E-state index contributed by atoms with van der Waals surface area (Å²) in [4.78, 5) is 10.5. The molecule has 2 heterocycles. The highest BCUT2D eigenvalue weighted by molar-refractivity contribution is 5.95. The van der Waals surface area contributed by atoms with Gasteiger partial charge >= 0.3 is 0 Å². The van der Waals surface area contributed by atoms with Crippen LogP contribution in [0.25, 0.3) is 0 Å². The van der Waals surface area contributed by atoms with E-state index in [2.05, 4.69) is 15.1 Å². The zero-order valence-electron chi connectivity index (χ0n) is 11.4. The van der Waals surface area contributed by atoms with Crippen molar-refractivity contribution < 1.29 is 9.60 Å². The van der Waals surface area contributed by atoms with E-state index in [1.807, 2.05) is 4.90 Å². The molecule has 1 aromatic carbocycles. The number of hydrogen-bond donors (Lipinski definition) is 2. The summed E-state index contributed by atoms with van der Waals surface area (Å²) >= 11 is 0. The molecule has 0 atom stereocenters. The number of benzene rings is 1. The Labute approximate surface area is 120 Å². The van der Waals surface area contributed by atoms with E-state index in [1.54, 1.807) is 19.1 Å². The van der Waals surface area contributed by atoms with E-state index in [0.29, 0.717) is 23.9 Å². The lowest BCUT2D eigenvalue weighted by Gasteiger charge is -2.18. The van der Waals surface area contributed by atoms with Crippen LogP contribution in [-0.2, 0) is 6.42 Å². The summed E-state index contributed by atoms with van der Waals surface area (Å²) in [5.41, 5.74) is 8.41. The van der Waals surface area contributed by atoms with Gasteiger partial charge in [0.05, 0.1) is 5.69 Å². The first-order valence-corrected chi connectivity index (χ1v) is 6.48. The van der Waals surface area contributed by atoms with Crippen molar-refractivity contribution in [2.75, 3.05) is 11.4 Å². The van der Waals surface area contributed by atoms with Crippen LogP contribution in [0, 0.1) is 12.7 Å². The molecular weight excluding hydrogens is 273 g/mol. The topological polar surface area (TPSA) is 87.6 Å². The fourth-order valence-corrected chi connectivity index (χ4v) is 2.42. The van der Waals surface area contributed by atoms with E-state index in [4.69, 9.17) is 10.9 Å². The Kier molecular flexibility index (Phi) is 3.17. The van der Waals surface area contributed by atoms with Gasteiger partial charge in [0.25, 0.3) is 0 Å². The highest BCUT2D eigenvalue weighted by Crippen LogP contribution is 2.33. The van der Waals surface area contributed by atoms with Gasteiger partial charge in [0, 0.05) is 12.2 Å². The maximum Gasteiger partial charge on any atom is 0.230 e. The number of halogens is 1. The first-order valence-electron chi connectivity index (χ1n) is 6.48. The second kappa shape index (κ2) is 5.01. The first kappa shape index (κ1) is 13.3.